The Balaban J connectivity index is 1.81. The number of halogens is 1. The van der Waals surface area contributed by atoms with Crippen LogP contribution < -0.4 is 5.32 Å². The molecular formula is C19H20ClNO3. The van der Waals surface area contributed by atoms with E-state index in [2.05, 4.69) is 5.32 Å². The first-order chi connectivity index (χ1) is 11.5. The van der Waals surface area contributed by atoms with E-state index in [1.807, 2.05) is 31.2 Å². The molecule has 0 fully saturated rings. The van der Waals surface area contributed by atoms with Crippen LogP contribution in [0.2, 0.25) is 5.02 Å². The number of nitrogens with one attached hydrogen (secondary N) is 1. The van der Waals surface area contributed by atoms with E-state index in [-0.39, 0.29) is 12.3 Å². The maximum atomic E-state index is 12.0. The summed E-state index contributed by atoms with van der Waals surface area (Å²) < 4.78 is 5.17. The first kappa shape index (κ1) is 18.0. The van der Waals surface area contributed by atoms with Gasteiger partial charge >= 0.3 is 5.97 Å². The second-order valence-electron chi connectivity index (χ2n) is 5.60. The highest BCUT2D eigenvalue weighted by Crippen LogP contribution is 2.16. The number of hydrogen-bond acceptors (Lipinski definition) is 3. The quantitative estimate of drug-likeness (QED) is 0.816. The summed E-state index contributed by atoms with van der Waals surface area (Å²) in [6.07, 6.45) is -0.819. The van der Waals surface area contributed by atoms with Crippen molar-refractivity contribution in [1.82, 2.24) is 5.32 Å². The smallest absolute Gasteiger partial charge is 0.311 e. The zero-order valence-electron chi connectivity index (χ0n) is 13.7. The molecule has 0 unspecified atom stereocenters. The van der Waals surface area contributed by atoms with Gasteiger partial charge in [0.25, 0.3) is 5.91 Å². The van der Waals surface area contributed by atoms with Crippen molar-refractivity contribution in [2.24, 2.45) is 0 Å². The van der Waals surface area contributed by atoms with E-state index in [0.717, 1.165) is 11.1 Å². The second kappa shape index (κ2) is 8.50. The van der Waals surface area contributed by atoms with Crippen molar-refractivity contribution in [3.63, 3.8) is 0 Å². The first-order valence-corrected chi connectivity index (χ1v) is 8.09. The molecule has 0 aliphatic carbocycles. The number of amides is 1. The Morgan fingerprint density at radius 3 is 2.46 bits per heavy atom. The highest BCUT2D eigenvalue weighted by molar-refractivity contribution is 6.31. The molecule has 24 heavy (non-hydrogen) atoms. The molecule has 0 heterocycles. The van der Waals surface area contributed by atoms with Crippen molar-refractivity contribution in [2.75, 3.05) is 0 Å². The Morgan fingerprint density at radius 2 is 1.79 bits per heavy atom. The van der Waals surface area contributed by atoms with Gasteiger partial charge in [0.05, 0.1) is 6.42 Å². The fourth-order valence-electron chi connectivity index (χ4n) is 2.13. The Bertz CT molecular complexity index is 713. The van der Waals surface area contributed by atoms with Crippen LogP contribution in [0.15, 0.2) is 48.5 Å². The van der Waals surface area contributed by atoms with Crippen molar-refractivity contribution in [2.45, 2.75) is 32.9 Å². The van der Waals surface area contributed by atoms with Gasteiger partial charge in [-0.3, -0.25) is 9.59 Å². The number of esters is 1. The number of aryl methyl sites for hydroxylation is 1. The maximum absolute atomic E-state index is 12.0. The Labute approximate surface area is 146 Å². The Morgan fingerprint density at radius 1 is 1.12 bits per heavy atom. The summed E-state index contributed by atoms with van der Waals surface area (Å²) in [6.45, 7) is 3.95. The summed E-state index contributed by atoms with van der Waals surface area (Å²) in [5, 5.41) is 3.26. The summed E-state index contributed by atoms with van der Waals surface area (Å²) in [5.41, 5.74) is 2.83. The minimum Gasteiger partial charge on any atom is -0.452 e. The van der Waals surface area contributed by atoms with Gasteiger partial charge in [-0.25, -0.2) is 0 Å². The zero-order chi connectivity index (χ0) is 17.5. The van der Waals surface area contributed by atoms with E-state index >= 15 is 0 Å². The highest BCUT2D eigenvalue weighted by Gasteiger charge is 2.18. The number of ether oxygens (including phenoxy) is 1. The van der Waals surface area contributed by atoms with Crippen LogP contribution >= 0.6 is 11.6 Å². The molecule has 0 radical (unpaired) electrons. The second-order valence-corrected chi connectivity index (χ2v) is 6.01. The molecule has 1 amide bonds. The van der Waals surface area contributed by atoms with Crippen LogP contribution in [0, 0.1) is 6.92 Å². The molecule has 0 aromatic heterocycles. The van der Waals surface area contributed by atoms with E-state index in [1.165, 1.54) is 0 Å². The molecule has 5 heteroatoms. The molecule has 1 N–H and O–H groups in total. The minimum absolute atomic E-state index is 0.0370. The van der Waals surface area contributed by atoms with Crippen molar-refractivity contribution < 1.29 is 14.3 Å². The SMILES string of the molecule is Cc1ccc(CNC(=O)[C@H](C)OC(=O)Cc2ccccc2Cl)cc1. The van der Waals surface area contributed by atoms with E-state index < -0.39 is 12.1 Å². The molecule has 1 atom stereocenters. The molecule has 0 saturated carbocycles. The minimum atomic E-state index is -0.856. The van der Waals surface area contributed by atoms with Gasteiger partial charge in [0.2, 0.25) is 0 Å². The van der Waals surface area contributed by atoms with Gasteiger partial charge in [0.15, 0.2) is 6.10 Å². The van der Waals surface area contributed by atoms with Crippen LogP contribution in [0.3, 0.4) is 0 Å². The van der Waals surface area contributed by atoms with Gasteiger partial charge in [0, 0.05) is 11.6 Å². The fourth-order valence-corrected chi connectivity index (χ4v) is 2.33. The van der Waals surface area contributed by atoms with Crippen LogP contribution in [0.25, 0.3) is 0 Å². The molecule has 0 bridgehead atoms. The van der Waals surface area contributed by atoms with E-state index in [4.69, 9.17) is 16.3 Å². The molecule has 0 aliphatic rings. The van der Waals surface area contributed by atoms with Gasteiger partial charge in [-0.15, -0.1) is 0 Å². The van der Waals surface area contributed by atoms with E-state index in [9.17, 15) is 9.59 Å². The molecule has 4 nitrogen and oxygen atoms in total. The fraction of sp³-hybridized carbons (Fsp3) is 0.263. The number of hydrogen-bond donors (Lipinski definition) is 1. The summed E-state index contributed by atoms with van der Waals surface area (Å²) in [5.74, 6) is -0.816. The molecule has 2 rings (SSSR count). The van der Waals surface area contributed by atoms with Gasteiger partial charge in [-0.1, -0.05) is 59.6 Å². The van der Waals surface area contributed by atoms with Crippen molar-refractivity contribution >= 4 is 23.5 Å². The predicted molar refractivity (Wildman–Crippen MR) is 93.7 cm³/mol. The van der Waals surface area contributed by atoms with Gasteiger partial charge < -0.3 is 10.1 Å². The van der Waals surface area contributed by atoms with E-state index in [0.29, 0.717) is 17.1 Å². The monoisotopic (exact) mass is 345 g/mol. The average molecular weight is 346 g/mol. The summed E-state index contributed by atoms with van der Waals surface area (Å²) in [6, 6.07) is 14.9. The number of carbonyl (C=O) groups is 2. The standard InChI is InChI=1S/C19H20ClNO3/c1-13-7-9-15(10-8-13)12-21-19(23)14(2)24-18(22)11-16-5-3-4-6-17(16)20/h3-10,14H,11-12H2,1-2H3,(H,21,23)/t14-/m0/s1. The van der Waals surface area contributed by atoms with Crippen LogP contribution in [-0.2, 0) is 27.3 Å². The van der Waals surface area contributed by atoms with Crippen LogP contribution in [-0.4, -0.2) is 18.0 Å². The molecule has 0 aliphatic heterocycles. The van der Waals surface area contributed by atoms with Crippen LogP contribution in [0.4, 0.5) is 0 Å². The number of benzene rings is 2. The van der Waals surface area contributed by atoms with Crippen LogP contribution in [0.5, 0.6) is 0 Å². The molecule has 0 spiro atoms. The lowest BCUT2D eigenvalue weighted by atomic mass is 10.1. The molecule has 126 valence electrons. The number of rotatable bonds is 6. The molecule has 2 aromatic carbocycles. The third-order valence-electron chi connectivity index (χ3n) is 3.56. The highest BCUT2D eigenvalue weighted by atomic mass is 35.5. The maximum Gasteiger partial charge on any atom is 0.311 e. The molecule has 0 saturated heterocycles. The van der Waals surface area contributed by atoms with Crippen molar-refractivity contribution in [3.05, 3.63) is 70.2 Å². The van der Waals surface area contributed by atoms with Crippen LogP contribution in [0.1, 0.15) is 23.6 Å². The molecule has 2 aromatic rings. The summed E-state index contributed by atoms with van der Waals surface area (Å²) >= 11 is 6.01. The van der Waals surface area contributed by atoms with Crippen molar-refractivity contribution in [3.8, 4) is 0 Å². The third-order valence-corrected chi connectivity index (χ3v) is 3.93. The zero-order valence-corrected chi connectivity index (χ0v) is 14.5. The summed E-state index contributed by atoms with van der Waals surface area (Å²) in [4.78, 5) is 24.0. The Hall–Kier alpha value is -2.33. The normalized spacial score (nSPS) is 11.6. The van der Waals surface area contributed by atoms with Crippen molar-refractivity contribution in [1.29, 1.82) is 0 Å². The lowest BCUT2D eigenvalue weighted by Gasteiger charge is -2.14. The van der Waals surface area contributed by atoms with Gasteiger partial charge in [-0.2, -0.15) is 0 Å². The topological polar surface area (TPSA) is 55.4 Å². The predicted octanol–water partition coefficient (Wildman–Crippen LogP) is 3.44. The first-order valence-electron chi connectivity index (χ1n) is 7.72. The Kier molecular flexibility index (Phi) is 6.38. The summed E-state index contributed by atoms with van der Waals surface area (Å²) in [7, 11) is 0. The largest absolute Gasteiger partial charge is 0.452 e. The van der Waals surface area contributed by atoms with E-state index in [1.54, 1.807) is 31.2 Å². The average Bonchev–Trinajstić information content (AvgIpc) is 2.56. The lowest BCUT2D eigenvalue weighted by molar-refractivity contribution is -0.154. The van der Waals surface area contributed by atoms with Gasteiger partial charge in [0.1, 0.15) is 0 Å². The number of carbonyl (C=O) groups excluding carboxylic acids is 2. The van der Waals surface area contributed by atoms with Gasteiger partial charge in [-0.05, 0) is 31.0 Å². The lowest BCUT2D eigenvalue weighted by Crippen LogP contribution is -2.35. The third kappa shape index (κ3) is 5.39. The molecular weight excluding hydrogens is 326 g/mol.